The number of aromatic nitrogens is 1. The molecule has 4 heteroatoms. The third kappa shape index (κ3) is 2.40. The van der Waals surface area contributed by atoms with Gasteiger partial charge in [-0.15, -0.1) is 0 Å². The molecular weight excluding hydrogens is 166 g/mol. The second-order valence-corrected chi connectivity index (χ2v) is 3.03. The van der Waals surface area contributed by atoms with E-state index in [4.69, 9.17) is 11.5 Å². The lowest BCUT2D eigenvalue weighted by Gasteiger charge is -2.16. The van der Waals surface area contributed by atoms with Crippen LogP contribution in [0.25, 0.3) is 0 Å². The average molecular weight is 181 g/mol. The Kier molecular flexibility index (Phi) is 3.22. The van der Waals surface area contributed by atoms with Crippen molar-refractivity contribution >= 4 is 5.69 Å². The highest BCUT2D eigenvalue weighted by Gasteiger charge is 2.16. The summed E-state index contributed by atoms with van der Waals surface area (Å²) >= 11 is 0. The van der Waals surface area contributed by atoms with Crippen LogP contribution in [-0.2, 0) is 0 Å². The van der Waals surface area contributed by atoms with Gasteiger partial charge in [0, 0.05) is 17.9 Å². The number of nitrogen functional groups attached to an aromatic ring is 1. The topological polar surface area (TPSA) is 85.2 Å². The average Bonchev–Trinajstić information content (AvgIpc) is 2.15. The number of hydrogen-bond donors (Lipinski definition) is 3. The van der Waals surface area contributed by atoms with Crippen molar-refractivity contribution in [3.05, 3.63) is 24.0 Å². The summed E-state index contributed by atoms with van der Waals surface area (Å²) in [5.41, 5.74) is 12.3. The van der Waals surface area contributed by atoms with Crippen LogP contribution in [0.5, 0.6) is 0 Å². The molecule has 1 aromatic rings. The first-order chi connectivity index (χ1) is 6.15. The Morgan fingerprint density at radius 2 is 2.31 bits per heavy atom. The summed E-state index contributed by atoms with van der Waals surface area (Å²) in [5, 5.41) is 9.67. The number of anilines is 1. The SMILES string of the molecule is CC[C@H](N)[C@@H](O)c1cc(N)ccn1. The molecule has 0 saturated carbocycles. The maximum atomic E-state index is 9.67. The Labute approximate surface area is 77.6 Å². The van der Waals surface area contributed by atoms with Crippen LogP contribution in [0.3, 0.4) is 0 Å². The smallest absolute Gasteiger partial charge is 0.111 e. The molecule has 0 fully saturated rings. The summed E-state index contributed by atoms with van der Waals surface area (Å²) in [6, 6.07) is 3.03. The zero-order valence-corrected chi connectivity index (χ0v) is 7.64. The van der Waals surface area contributed by atoms with E-state index in [9.17, 15) is 5.11 Å². The van der Waals surface area contributed by atoms with Gasteiger partial charge in [-0.3, -0.25) is 4.98 Å². The third-order valence-electron chi connectivity index (χ3n) is 1.99. The fraction of sp³-hybridized carbons (Fsp3) is 0.444. The fourth-order valence-electron chi connectivity index (χ4n) is 1.07. The molecule has 0 unspecified atom stereocenters. The van der Waals surface area contributed by atoms with Gasteiger partial charge in [0.2, 0.25) is 0 Å². The molecule has 0 aliphatic heterocycles. The number of nitrogens with two attached hydrogens (primary N) is 2. The standard InChI is InChI=1S/C9H15N3O/c1-2-7(11)9(13)8-5-6(10)3-4-12-8/h3-5,7,9,13H,2,11H2,1H3,(H2,10,12)/t7-,9+/m0/s1. The predicted molar refractivity (Wildman–Crippen MR) is 51.9 cm³/mol. The molecule has 0 aliphatic carbocycles. The van der Waals surface area contributed by atoms with E-state index in [-0.39, 0.29) is 6.04 Å². The van der Waals surface area contributed by atoms with E-state index in [1.54, 1.807) is 18.3 Å². The molecule has 13 heavy (non-hydrogen) atoms. The Morgan fingerprint density at radius 3 is 2.85 bits per heavy atom. The van der Waals surface area contributed by atoms with Gasteiger partial charge >= 0.3 is 0 Å². The van der Waals surface area contributed by atoms with E-state index in [0.717, 1.165) is 0 Å². The van der Waals surface area contributed by atoms with Crippen LogP contribution in [-0.4, -0.2) is 16.1 Å². The van der Waals surface area contributed by atoms with Crippen LogP contribution in [0.2, 0.25) is 0 Å². The first-order valence-electron chi connectivity index (χ1n) is 4.30. The number of aliphatic hydroxyl groups is 1. The van der Waals surface area contributed by atoms with Gasteiger partial charge in [-0.05, 0) is 18.6 Å². The first kappa shape index (κ1) is 9.95. The van der Waals surface area contributed by atoms with Crippen LogP contribution in [0.4, 0.5) is 5.69 Å². The fourth-order valence-corrected chi connectivity index (χ4v) is 1.07. The van der Waals surface area contributed by atoms with E-state index in [0.29, 0.717) is 17.8 Å². The number of rotatable bonds is 3. The maximum absolute atomic E-state index is 9.67. The summed E-state index contributed by atoms with van der Waals surface area (Å²) in [6.07, 6.45) is 1.54. The largest absolute Gasteiger partial charge is 0.399 e. The van der Waals surface area contributed by atoms with Gasteiger partial charge < -0.3 is 16.6 Å². The van der Waals surface area contributed by atoms with Crippen molar-refractivity contribution in [2.45, 2.75) is 25.5 Å². The van der Waals surface area contributed by atoms with Gasteiger partial charge in [-0.25, -0.2) is 0 Å². The van der Waals surface area contributed by atoms with Crippen molar-refractivity contribution in [1.82, 2.24) is 4.98 Å². The van der Waals surface area contributed by atoms with E-state index in [2.05, 4.69) is 4.98 Å². The second kappa shape index (κ2) is 4.20. The van der Waals surface area contributed by atoms with Gasteiger partial charge in [0.05, 0.1) is 5.69 Å². The lowest BCUT2D eigenvalue weighted by molar-refractivity contribution is 0.140. The quantitative estimate of drug-likeness (QED) is 0.631. The van der Waals surface area contributed by atoms with Crippen molar-refractivity contribution in [2.75, 3.05) is 5.73 Å². The highest BCUT2D eigenvalue weighted by Crippen LogP contribution is 2.16. The summed E-state index contributed by atoms with van der Waals surface area (Å²) < 4.78 is 0. The molecule has 1 heterocycles. The third-order valence-corrected chi connectivity index (χ3v) is 1.99. The van der Waals surface area contributed by atoms with Crippen LogP contribution in [0.1, 0.15) is 25.1 Å². The second-order valence-electron chi connectivity index (χ2n) is 3.03. The molecule has 1 rings (SSSR count). The highest BCUT2D eigenvalue weighted by atomic mass is 16.3. The summed E-state index contributed by atoms with van der Waals surface area (Å²) in [6.45, 7) is 1.92. The Bertz CT molecular complexity index is 277. The van der Waals surface area contributed by atoms with Gasteiger partial charge in [0.25, 0.3) is 0 Å². The Balaban J connectivity index is 2.82. The van der Waals surface area contributed by atoms with Crippen molar-refractivity contribution < 1.29 is 5.11 Å². The summed E-state index contributed by atoms with van der Waals surface area (Å²) in [4.78, 5) is 4.00. The molecule has 0 aromatic carbocycles. The molecule has 1 aromatic heterocycles. The summed E-state index contributed by atoms with van der Waals surface area (Å²) in [7, 11) is 0. The number of hydrogen-bond acceptors (Lipinski definition) is 4. The lowest BCUT2D eigenvalue weighted by atomic mass is 10.1. The van der Waals surface area contributed by atoms with E-state index >= 15 is 0 Å². The first-order valence-corrected chi connectivity index (χ1v) is 4.30. The van der Waals surface area contributed by atoms with Crippen molar-refractivity contribution in [3.63, 3.8) is 0 Å². The molecule has 4 nitrogen and oxygen atoms in total. The molecule has 5 N–H and O–H groups in total. The van der Waals surface area contributed by atoms with Gasteiger partial charge in [0.1, 0.15) is 6.10 Å². The maximum Gasteiger partial charge on any atom is 0.111 e. The van der Waals surface area contributed by atoms with Crippen LogP contribution < -0.4 is 11.5 Å². The van der Waals surface area contributed by atoms with Gasteiger partial charge in [-0.1, -0.05) is 6.92 Å². The van der Waals surface area contributed by atoms with Gasteiger partial charge in [-0.2, -0.15) is 0 Å². The van der Waals surface area contributed by atoms with Crippen molar-refractivity contribution in [1.29, 1.82) is 0 Å². The zero-order valence-electron chi connectivity index (χ0n) is 7.64. The molecule has 0 aliphatic rings. The monoisotopic (exact) mass is 181 g/mol. The zero-order chi connectivity index (χ0) is 9.84. The van der Waals surface area contributed by atoms with Crippen LogP contribution in [0, 0.1) is 0 Å². The molecule has 2 atom stereocenters. The van der Waals surface area contributed by atoms with Crippen LogP contribution in [0.15, 0.2) is 18.3 Å². The minimum absolute atomic E-state index is 0.283. The number of nitrogens with zero attached hydrogens (tertiary/aromatic N) is 1. The molecule has 0 saturated heterocycles. The Morgan fingerprint density at radius 1 is 1.62 bits per heavy atom. The molecule has 0 bridgehead atoms. The van der Waals surface area contributed by atoms with Crippen LogP contribution >= 0.6 is 0 Å². The Hall–Kier alpha value is -1.13. The molecule has 0 radical (unpaired) electrons. The molecule has 0 amide bonds. The van der Waals surface area contributed by atoms with E-state index in [1.165, 1.54) is 0 Å². The highest BCUT2D eigenvalue weighted by molar-refractivity contribution is 5.37. The van der Waals surface area contributed by atoms with Crippen molar-refractivity contribution in [2.24, 2.45) is 5.73 Å². The predicted octanol–water partition coefficient (Wildman–Crippen LogP) is 0.434. The summed E-state index contributed by atoms with van der Waals surface area (Å²) in [5.74, 6) is 0. The molecule has 72 valence electrons. The minimum atomic E-state index is -0.728. The van der Waals surface area contributed by atoms with E-state index in [1.807, 2.05) is 6.92 Å². The van der Waals surface area contributed by atoms with Crippen molar-refractivity contribution in [3.8, 4) is 0 Å². The minimum Gasteiger partial charge on any atom is -0.399 e. The van der Waals surface area contributed by atoms with Gasteiger partial charge in [0.15, 0.2) is 0 Å². The molecular formula is C9H15N3O. The normalized spacial score (nSPS) is 15.3. The van der Waals surface area contributed by atoms with E-state index < -0.39 is 6.10 Å². The molecule has 0 spiro atoms. The number of aliphatic hydroxyl groups excluding tert-OH is 1. The number of pyridine rings is 1. The lowest BCUT2D eigenvalue weighted by Crippen LogP contribution is -2.27.